The maximum atomic E-state index is 13.2. The Bertz CT molecular complexity index is 748. The number of halogens is 1. The van der Waals surface area contributed by atoms with Gasteiger partial charge in [0.15, 0.2) is 0 Å². The van der Waals surface area contributed by atoms with E-state index in [1.54, 1.807) is 12.1 Å². The Morgan fingerprint density at radius 3 is 2.64 bits per heavy atom. The molecule has 116 valence electrons. The van der Waals surface area contributed by atoms with Crippen molar-refractivity contribution in [3.05, 3.63) is 63.8 Å². The SMILES string of the molecule is CC(C)(C)NC(=O)c1ccc(=O)n(Cc2cccc(F)c2)n1. The molecule has 0 unspecified atom stereocenters. The van der Waals surface area contributed by atoms with Gasteiger partial charge in [0.05, 0.1) is 6.54 Å². The van der Waals surface area contributed by atoms with Crippen molar-refractivity contribution in [2.45, 2.75) is 32.9 Å². The fourth-order valence-electron chi connectivity index (χ4n) is 1.90. The predicted molar refractivity (Wildman–Crippen MR) is 81.2 cm³/mol. The number of carbonyl (C=O) groups excluding carboxylic acids is 1. The van der Waals surface area contributed by atoms with Crippen LogP contribution in [-0.4, -0.2) is 21.2 Å². The zero-order chi connectivity index (χ0) is 16.3. The first-order chi connectivity index (χ1) is 10.2. The molecule has 22 heavy (non-hydrogen) atoms. The van der Waals surface area contributed by atoms with E-state index in [2.05, 4.69) is 10.4 Å². The van der Waals surface area contributed by atoms with Gasteiger partial charge in [0, 0.05) is 11.6 Å². The lowest BCUT2D eigenvalue weighted by Gasteiger charge is -2.20. The van der Waals surface area contributed by atoms with E-state index < -0.39 is 5.54 Å². The van der Waals surface area contributed by atoms with E-state index in [-0.39, 0.29) is 29.5 Å². The Morgan fingerprint density at radius 1 is 1.27 bits per heavy atom. The molecule has 0 spiro atoms. The van der Waals surface area contributed by atoms with Crippen LogP contribution in [0.3, 0.4) is 0 Å². The third-order valence-corrected chi connectivity index (χ3v) is 2.81. The number of hydrogen-bond acceptors (Lipinski definition) is 3. The van der Waals surface area contributed by atoms with Crippen LogP contribution in [0.4, 0.5) is 4.39 Å². The van der Waals surface area contributed by atoms with Crippen molar-refractivity contribution in [2.75, 3.05) is 0 Å². The van der Waals surface area contributed by atoms with E-state index in [0.717, 1.165) is 4.68 Å². The maximum Gasteiger partial charge on any atom is 0.272 e. The van der Waals surface area contributed by atoms with Crippen molar-refractivity contribution in [3.63, 3.8) is 0 Å². The molecule has 6 heteroatoms. The number of aromatic nitrogens is 2. The quantitative estimate of drug-likeness (QED) is 0.942. The van der Waals surface area contributed by atoms with Crippen molar-refractivity contribution in [1.29, 1.82) is 0 Å². The first-order valence-corrected chi connectivity index (χ1v) is 6.90. The summed E-state index contributed by atoms with van der Waals surface area (Å²) in [5.74, 6) is -0.743. The van der Waals surface area contributed by atoms with Gasteiger partial charge in [0.2, 0.25) is 0 Å². The molecule has 1 aromatic carbocycles. The monoisotopic (exact) mass is 303 g/mol. The lowest BCUT2D eigenvalue weighted by molar-refractivity contribution is 0.0912. The van der Waals surface area contributed by atoms with Gasteiger partial charge in [-0.1, -0.05) is 12.1 Å². The third-order valence-electron chi connectivity index (χ3n) is 2.81. The van der Waals surface area contributed by atoms with Crippen molar-refractivity contribution < 1.29 is 9.18 Å². The molecule has 0 bridgehead atoms. The Kier molecular flexibility index (Phi) is 4.40. The van der Waals surface area contributed by atoms with Gasteiger partial charge in [-0.05, 0) is 44.5 Å². The number of benzene rings is 1. The van der Waals surface area contributed by atoms with Crippen LogP contribution in [-0.2, 0) is 6.54 Å². The molecule has 1 aromatic heterocycles. The van der Waals surface area contributed by atoms with Crippen molar-refractivity contribution in [3.8, 4) is 0 Å². The third kappa shape index (κ3) is 4.25. The molecule has 5 nitrogen and oxygen atoms in total. The zero-order valence-corrected chi connectivity index (χ0v) is 12.8. The van der Waals surface area contributed by atoms with Crippen LogP contribution in [0.5, 0.6) is 0 Å². The highest BCUT2D eigenvalue weighted by atomic mass is 19.1. The normalized spacial score (nSPS) is 11.3. The van der Waals surface area contributed by atoms with Crippen LogP contribution < -0.4 is 10.9 Å². The highest BCUT2D eigenvalue weighted by Gasteiger charge is 2.17. The molecule has 0 aliphatic rings. The largest absolute Gasteiger partial charge is 0.346 e. The van der Waals surface area contributed by atoms with E-state index in [1.807, 2.05) is 20.8 Å². The van der Waals surface area contributed by atoms with Crippen LogP contribution >= 0.6 is 0 Å². The highest BCUT2D eigenvalue weighted by molar-refractivity contribution is 5.92. The summed E-state index contributed by atoms with van der Waals surface area (Å²) in [4.78, 5) is 23.9. The molecule has 0 atom stereocenters. The van der Waals surface area contributed by atoms with Crippen LogP contribution in [0.15, 0.2) is 41.2 Å². The second-order valence-corrected chi connectivity index (χ2v) is 6.05. The molecule has 0 saturated heterocycles. The Balaban J connectivity index is 2.27. The minimum atomic E-state index is -0.401. The highest BCUT2D eigenvalue weighted by Crippen LogP contribution is 2.05. The van der Waals surface area contributed by atoms with E-state index in [0.29, 0.717) is 5.56 Å². The van der Waals surface area contributed by atoms with Crippen LogP contribution in [0, 0.1) is 5.82 Å². The molecular formula is C16H18FN3O2. The van der Waals surface area contributed by atoms with E-state index in [4.69, 9.17) is 0 Å². The molecule has 0 fully saturated rings. The Morgan fingerprint density at radius 2 is 2.00 bits per heavy atom. The standard InChI is InChI=1S/C16H18FN3O2/c1-16(2,3)18-15(22)13-7-8-14(21)20(19-13)10-11-5-4-6-12(17)9-11/h4-9H,10H2,1-3H3,(H,18,22). The van der Waals surface area contributed by atoms with Crippen LogP contribution in [0.2, 0.25) is 0 Å². The van der Waals surface area contributed by atoms with Gasteiger partial charge in [0.1, 0.15) is 11.5 Å². The second kappa shape index (κ2) is 6.09. The first kappa shape index (κ1) is 15.9. The Hall–Kier alpha value is -2.50. The maximum absolute atomic E-state index is 13.2. The lowest BCUT2D eigenvalue weighted by Crippen LogP contribution is -2.41. The summed E-state index contributed by atoms with van der Waals surface area (Å²) >= 11 is 0. The molecule has 0 aliphatic heterocycles. The molecule has 2 rings (SSSR count). The van der Waals surface area contributed by atoms with Gasteiger partial charge in [0.25, 0.3) is 11.5 Å². The molecule has 1 heterocycles. The van der Waals surface area contributed by atoms with Crippen LogP contribution in [0.1, 0.15) is 36.8 Å². The summed E-state index contributed by atoms with van der Waals surface area (Å²) in [7, 11) is 0. The smallest absolute Gasteiger partial charge is 0.272 e. The minimum Gasteiger partial charge on any atom is -0.346 e. The van der Waals surface area contributed by atoms with E-state index >= 15 is 0 Å². The van der Waals surface area contributed by atoms with E-state index in [1.165, 1.54) is 24.3 Å². The molecule has 0 aliphatic carbocycles. The van der Waals surface area contributed by atoms with E-state index in [9.17, 15) is 14.0 Å². The number of rotatable bonds is 3. The summed E-state index contributed by atoms with van der Waals surface area (Å²) in [5.41, 5.74) is -0.00655. The topological polar surface area (TPSA) is 64.0 Å². The molecule has 1 amide bonds. The minimum absolute atomic E-state index is 0.104. The lowest BCUT2D eigenvalue weighted by atomic mass is 10.1. The summed E-state index contributed by atoms with van der Waals surface area (Å²) in [5, 5.41) is 6.83. The van der Waals surface area contributed by atoms with Gasteiger partial charge in [-0.3, -0.25) is 9.59 Å². The first-order valence-electron chi connectivity index (χ1n) is 6.90. The fraction of sp³-hybridized carbons (Fsp3) is 0.312. The zero-order valence-electron chi connectivity index (χ0n) is 12.8. The number of nitrogens with one attached hydrogen (secondary N) is 1. The predicted octanol–water partition coefficient (Wildman–Crippen LogP) is 1.96. The van der Waals surface area contributed by atoms with Gasteiger partial charge in [-0.25, -0.2) is 9.07 Å². The average molecular weight is 303 g/mol. The van der Waals surface area contributed by atoms with Gasteiger partial charge < -0.3 is 5.32 Å². The number of hydrogen-bond donors (Lipinski definition) is 1. The molecule has 0 saturated carbocycles. The van der Waals surface area contributed by atoms with Crippen molar-refractivity contribution in [2.24, 2.45) is 0 Å². The van der Waals surface area contributed by atoms with Gasteiger partial charge >= 0.3 is 0 Å². The van der Waals surface area contributed by atoms with Crippen LogP contribution in [0.25, 0.3) is 0 Å². The summed E-state index contributed by atoms with van der Waals surface area (Å²) in [6, 6.07) is 8.57. The average Bonchev–Trinajstić information content (AvgIpc) is 2.39. The molecular weight excluding hydrogens is 285 g/mol. The van der Waals surface area contributed by atoms with Gasteiger partial charge in [-0.2, -0.15) is 5.10 Å². The summed E-state index contributed by atoms with van der Waals surface area (Å²) in [6.45, 7) is 5.67. The molecule has 0 radical (unpaired) electrons. The molecule has 1 N–H and O–H groups in total. The van der Waals surface area contributed by atoms with Gasteiger partial charge in [-0.15, -0.1) is 0 Å². The van der Waals surface area contributed by atoms with Crippen molar-refractivity contribution >= 4 is 5.91 Å². The Labute approximate surface area is 127 Å². The van der Waals surface area contributed by atoms with Crippen molar-refractivity contribution in [1.82, 2.24) is 15.1 Å². The fourth-order valence-corrected chi connectivity index (χ4v) is 1.90. The number of amides is 1. The summed E-state index contributed by atoms with van der Waals surface area (Å²) in [6.07, 6.45) is 0. The number of carbonyl (C=O) groups is 1. The molecule has 2 aromatic rings. The second-order valence-electron chi connectivity index (χ2n) is 6.05. The number of nitrogens with zero attached hydrogens (tertiary/aromatic N) is 2. The summed E-state index contributed by atoms with van der Waals surface area (Å²) < 4.78 is 14.3.